The Balaban J connectivity index is 1.80. The minimum atomic E-state index is -0.920. The van der Waals surface area contributed by atoms with E-state index in [-0.39, 0.29) is 19.2 Å². The standard InChI is InChI=1S/C12H20N2O4/c1-7-3-8(7)4-14(2)12(17)13-10-6-18-5-9(10)11(15)16/h7-10H,3-6H2,1-2H3,(H,13,17)(H,15,16). The molecule has 102 valence electrons. The summed E-state index contributed by atoms with van der Waals surface area (Å²) in [7, 11) is 1.74. The number of urea groups is 1. The van der Waals surface area contributed by atoms with Crippen LogP contribution in [0.15, 0.2) is 0 Å². The van der Waals surface area contributed by atoms with Crippen LogP contribution in [0.4, 0.5) is 4.79 Å². The zero-order valence-electron chi connectivity index (χ0n) is 10.8. The number of carbonyl (C=O) groups is 2. The van der Waals surface area contributed by atoms with Crippen LogP contribution in [0, 0.1) is 17.8 Å². The van der Waals surface area contributed by atoms with Gasteiger partial charge in [0.1, 0.15) is 5.92 Å². The molecule has 1 aliphatic heterocycles. The second-order valence-corrected chi connectivity index (χ2v) is 5.39. The van der Waals surface area contributed by atoms with Crippen molar-refractivity contribution in [3.63, 3.8) is 0 Å². The van der Waals surface area contributed by atoms with Gasteiger partial charge >= 0.3 is 12.0 Å². The van der Waals surface area contributed by atoms with Crippen molar-refractivity contribution in [3.05, 3.63) is 0 Å². The van der Waals surface area contributed by atoms with Crippen LogP contribution in [0.2, 0.25) is 0 Å². The van der Waals surface area contributed by atoms with Gasteiger partial charge in [0.25, 0.3) is 0 Å². The maximum Gasteiger partial charge on any atom is 0.317 e. The van der Waals surface area contributed by atoms with Gasteiger partial charge in [-0.15, -0.1) is 0 Å². The fourth-order valence-corrected chi connectivity index (χ4v) is 2.30. The second-order valence-electron chi connectivity index (χ2n) is 5.39. The maximum absolute atomic E-state index is 11.9. The lowest BCUT2D eigenvalue weighted by Gasteiger charge is -2.22. The molecule has 2 aliphatic rings. The molecule has 2 rings (SSSR count). The van der Waals surface area contributed by atoms with Crippen LogP contribution in [0.5, 0.6) is 0 Å². The van der Waals surface area contributed by atoms with Crippen LogP contribution in [-0.2, 0) is 9.53 Å². The number of aliphatic carboxylic acids is 1. The predicted molar refractivity (Wildman–Crippen MR) is 64.2 cm³/mol. The third-order valence-electron chi connectivity index (χ3n) is 3.84. The molecule has 0 aromatic carbocycles. The van der Waals surface area contributed by atoms with E-state index >= 15 is 0 Å². The smallest absolute Gasteiger partial charge is 0.317 e. The van der Waals surface area contributed by atoms with Gasteiger partial charge in [-0.1, -0.05) is 6.92 Å². The normalized spacial score (nSPS) is 34.1. The van der Waals surface area contributed by atoms with Crippen LogP contribution < -0.4 is 5.32 Å². The van der Waals surface area contributed by atoms with Crippen LogP contribution in [0.25, 0.3) is 0 Å². The van der Waals surface area contributed by atoms with Crippen molar-refractivity contribution in [1.82, 2.24) is 10.2 Å². The summed E-state index contributed by atoms with van der Waals surface area (Å²) in [5.74, 6) is -0.267. The first-order valence-corrected chi connectivity index (χ1v) is 6.31. The van der Waals surface area contributed by atoms with Gasteiger partial charge in [-0.05, 0) is 18.3 Å². The zero-order chi connectivity index (χ0) is 13.3. The van der Waals surface area contributed by atoms with Crippen molar-refractivity contribution in [1.29, 1.82) is 0 Å². The number of hydrogen-bond acceptors (Lipinski definition) is 3. The molecule has 4 atom stereocenters. The van der Waals surface area contributed by atoms with E-state index in [1.165, 1.54) is 6.42 Å². The molecule has 0 bridgehead atoms. The predicted octanol–water partition coefficient (Wildman–Crippen LogP) is 0.383. The number of rotatable bonds is 4. The third-order valence-corrected chi connectivity index (χ3v) is 3.84. The number of nitrogens with zero attached hydrogens (tertiary/aromatic N) is 1. The average Bonchev–Trinajstić information content (AvgIpc) is 2.79. The Morgan fingerprint density at radius 3 is 2.67 bits per heavy atom. The molecule has 2 amide bonds. The van der Waals surface area contributed by atoms with Gasteiger partial charge in [0.2, 0.25) is 0 Å². The Bertz CT molecular complexity index is 347. The first kappa shape index (κ1) is 13.1. The van der Waals surface area contributed by atoms with Gasteiger partial charge in [0, 0.05) is 13.6 Å². The molecule has 1 saturated carbocycles. The summed E-state index contributed by atoms with van der Waals surface area (Å²) < 4.78 is 5.11. The average molecular weight is 256 g/mol. The SMILES string of the molecule is CC1CC1CN(C)C(=O)NC1COCC1C(=O)O. The number of amides is 2. The van der Waals surface area contributed by atoms with E-state index in [0.717, 1.165) is 6.54 Å². The highest BCUT2D eigenvalue weighted by atomic mass is 16.5. The van der Waals surface area contributed by atoms with E-state index < -0.39 is 17.9 Å². The number of carboxylic acids is 1. The van der Waals surface area contributed by atoms with E-state index in [4.69, 9.17) is 9.84 Å². The van der Waals surface area contributed by atoms with Gasteiger partial charge in [-0.2, -0.15) is 0 Å². The molecule has 1 heterocycles. The van der Waals surface area contributed by atoms with Gasteiger partial charge in [-0.25, -0.2) is 4.79 Å². The lowest BCUT2D eigenvalue weighted by molar-refractivity contribution is -0.142. The van der Waals surface area contributed by atoms with E-state index in [1.54, 1.807) is 11.9 Å². The number of carbonyl (C=O) groups excluding carboxylic acids is 1. The lowest BCUT2D eigenvalue weighted by atomic mass is 10.0. The Hall–Kier alpha value is -1.30. The second kappa shape index (κ2) is 5.14. The fraction of sp³-hybridized carbons (Fsp3) is 0.833. The molecule has 2 N–H and O–H groups in total. The van der Waals surface area contributed by atoms with Crippen molar-refractivity contribution < 1.29 is 19.4 Å². The van der Waals surface area contributed by atoms with Crippen LogP contribution >= 0.6 is 0 Å². The van der Waals surface area contributed by atoms with Crippen molar-refractivity contribution in [2.75, 3.05) is 26.8 Å². The Morgan fingerprint density at radius 1 is 1.44 bits per heavy atom. The molecule has 1 saturated heterocycles. The molecule has 0 spiro atoms. The van der Waals surface area contributed by atoms with Gasteiger partial charge < -0.3 is 20.1 Å². The summed E-state index contributed by atoms with van der Waals surface area (Å²) in [6.45, 7) is 3.35. The Morgan fingerprint density at radius 2 is 2.11 bits per heavy atom. The molecule has 4 unspecified atom stereocenters. The molecule has 6 nitrogen and oxygen atoms in total. The van der Waals surface area contributed by atoms with Crippen LogP contribution in [-0.4, -0.2) is 54.9 Å². The topological polar surface area (TPSA) is 78.9 Å². The van der Waals surface area contributed by atoms with Crippen LogP contribution in [0.1, 0.15) is 13.3 Å². The highest BCUT2D eigenvalue weighted by Gasteiger charge is 2.37. The molecule has 0 radical (unpaired) electrons. The van der Waals surface area contributed by atoms with E-state index in [1.807, 2.05) is 0 Å². The summed E-state index contributed by atoms with van der Waals surface area (Å²) in [6, 6.07) is -0.634. The van der Waals surface area contributed by atoms with Crippen molar-refractivity contribution in [3.8, 4) is 0 Å². The molecule has 0 aromatic heterocycles. The van der Waals surface area contributed by atoms with Gasteiger partial charge in [-0.3, -0.25) is 4.79 Å². The molecule has 1 aliphatic carbocycles. The summed E-state index contributed by atoms with van der Waals surface area (Å²) >= 11 is 0. The lowest BCUT2D eigenvalue weighted by Crippen LogP contribution is -2.48. The Kier molecular flexibility index (Phi) is 3.75. The largest absolute Gasteiger partial charge is 0.481 e. The molecular weight excluding hydrogens is 236 g/mol. The van der Waals surface area contributed by atoms with Crippen LogP contribution in [0.3, 0.4) is 0 Å². The summed E-state index contributed by atoms with van der Waals surface area (Å²) in [5.41, 5.74) is 0. The van der Waals surface area contributed by atoms with E-state index in [0.29, 0.717) is 11.8 Å². The van der Waals surface area contributed by atoms with Gasteiger partial charge in [0.15, 0.2) is 0 Å². The summed E-state index contributed by atoms with van der Waals surface area (Å²) in [5, 5.41) is 11.7. The first-order valence-electron chi connectivity index (χ1n) is 6.31. The number of nitrogens with one attached hydrogen (secondary N) is 1. The van der Waals surface area contributed by atoms with Gasteiger partial charge in [0.05, 0.1) is 19.3 Å². The number of carboxylic acid groups (broad SMARTS) is 1. The third kappa shape index (κ3) is 2.93. The Labute approximate surface area is 106 Å². The molecular formula is C12H20N2O4. The van der Waals surface area contributed by atoms with E-state index in [2.05, 4.69) is 12.2 Å². The van der Waals surface area contributed by atoms with E-state index in [9.17, 15) is 9.59 Å². The molecule has 0 aromatic rings. The number of hydrogen-bond donors (Lipinski definition) is 2. The quantitative estimate of drug-likeness (QED) is 0.762. The minimum absolute atomic E-state index is 0.170. The highest BCUT2D eigenvalue weighted by molar-refractivity contribution is 5.77. The summed E-state index contributed by atoms with van der Waals surface area (Å²) in [4.78, 5) is 24.5. The molecule has 18 heavy (non-hydrogen) atoms. The molecule has 2 fully saturated rings. The van der Waals surface area contributed by atoms with Crippen molar-refractivity contribution in [2.24, 2.45) is 17.8 Å². The monoisotopic (exact) mass is 256 g/mol. The first-order chi connectivity index (χ1) is 8.49. The van der Waals surface area contributed by atoms with Crippen molar-refractivity contribution >= 4 is 12.0 Å². The minimum Gasteiger partial charge on any atom is -0.481 e. The van der Waals surface area contributed by atoms with Crippen molar-refractivity contribution in [2.45, 2.75) is 19.4 Å². The summed E-state index contributed by atoms with van der Waals surface area (Å²) in [6.07, 6.45) is 1.17. The molecule has 6 heteroatoms. The highest BCUT2D eigenvalue weighted by Crippen LogP contribution is 2.37. The number of ether oxygens (including phenoxy) is 1. The zero-order valence-corrected chi connectivity index (χ0v) is 10.8. The fourth-order valence-electron chi connectivity index (χ4n) is 2.30. The maximum atomic E-state index is 11.9.